The summed E-state index contributed by atoms with van der Waals surface area (Å²) in [6, 6.07) is 13.0. The van der Waals surface area contributed by atoms with Gasteiger partial charge in [0.25, 0.3) is 5.89 Å². The number of nitrogens with zero attached hydrogens (tertiary/aromatic N) is 2. The van der Waals surface area contributed by atoms with E-state index in [9.17, 15) is 8.42 Å². The number of sulfonamides is 1. The minimum Gasteiger partial charge on any atom is -0.496 e. The third kappa shape index (κ3) is 3.98. The Morgan fingerprint density at radius 3 is 2.56 bits per heavy atom. The van der Waals surface area contributed by atoms with Crippen LogP contribution in [0.5, 0.6) is 5.75 Å². The van der Waals surface area contributed by atoms with Crippen LogP contribution in [0.1, 0.15) is 5.89 Å². The molecule has 0 aliphatic heterocycles. The topological polar surface area (TPSA) is 94.3 Å². The van der Waals surface area contributed by atoms with E-state index in [0.29, 0.717) is 16.3 Å². The van der Waals surface area contributed by atoms with Crippen molar-refractivity contribution in [1.82, 2.24) is 14.9 Å². The Hall–Kier alpha value is -2.42. The third-order valence-corrected chi connectivity index (χ3v) is 5.01. The largest absolute Gasteiger partial charge is 0.496 e. The predicted octanol–water partition coefficient (Wildman–Crippen LogP) is 2.88. The van der Waals surface area contributed by atoms with Gasteiger partial charge in [0.2, 0.25) is 15.9 Å². The molecule has 7 nitrogen and oxygen atoms in total. The zero-order chi connectivity index (χ0) is 17.9. The molecule has 0 radical (unpaired) electrons. The van der Waals surface area contributed by atoms with Crippen molar-refractivity contribution in [2.24, 2.45) is 0 Å². The number of methoxy groups -OCH3 is 1. The lowest BCUT2D eigenvalue weighted by Crippen LogP contribution is -2.23. The fourth-order valence-electron chi connectivity index (χ4n) is 2.11. The molecule has 3 aromatic rings. The average Bonchev–Trinajstić information content (AvgIpc) is 3.09. The van der Waals surface area contributed by atoms with Crippen molar-refractivity contribution >= 4 is 21.6 Å². The maximum absolute atomic E-state index is 12.2. The fraction of sp³-hybridized carbons (Fsp3) is 0.125. The normalized spacial score (nSPS) is 11.4. The van der Waals surface area contributed by atoms with Crippen LogP contribution in [-0.4, -0.2) is 25.7 Å². The zero-order valence-electron chi connectivity index (χ0n) is 13.1. The molecule has 9 heteroatoms. The van der Waals surface area contributed by atoms with E-state index in [4.69, 9.17) is 20.8 Å². The van der Waals surface area contributed by atoms with Crippen molar-refractivity contribution in [3.8, 4) is 17.2 Å². The molecule has 0 aliphatic rings. The van der Waals surface area contributed by atoms with E-state index in [1.54, 1.807) is 12.1 Å². The second-order valence-electron chi connectivity index (χ2n) is 4.98. The molecule has 0 unspecified atom stereocenters. The molecule has 1 aromatic heterocycles. The van der Waals surface area contributed by atoms with E-state index in [1.165, 1.54) is 31.4 Å². The maximum atomic E-state index is 12.2. The van der Waals surface area contributed by atoms with Gasteiger partial charge in [-0.1, -0.05) is 23.7 Å². The van der Waals surface area contributed by atoms with Crippen molar-refractivity contribution in [3.63, 3.8) is 0 Å². The number of hydrogen-bond donors (Lipinski definition) is 1. The molecule has 2 aromatic carbocycles. The Labute approximate surface area is 149 Å². The maximum Gasteiger partial charge on any atom is 0.251 e. The number of ether oxygens (including phenoxy) is 1. The number of para-hydroxylation sites is 1. The van der Waals surface area contributed by atoms with Gasteiger partial charge in [-0.15, -0.1) is 10.2 Å². The summed E-state index contributed by atoms with van der Waals surface area (Å²) in [5, 5.41) is 8.25. The SMILES string of the molecule is COc1ccccc1-c1nnc(CNS(=O)(=O)c2ccc(Cl)cc2)o1. The minimum atomic E-state index is -3.70. The minimum absolute atomic E-state index is 0.0985. The van der Waals surface area contributed by atoms with Crippen LogP contribution in [0.15, 0.2) is 57.8 Å². The van der Waals surface area contributed by atoms with Gasteiger partial charge in [-0.05, 0) is 36.4 Å². The van der Waals surface area contributed by atoms with Crippen LogP contribution in [0.25, 0.3) is 11.5 Å². The summed E-state index contributed by atoms with van der Waals surface area (Å²) in [6.07, 6.45) is 0. The van der Waals surface area contributed by atoms with Crippen LogP contribution in [-0.2, 0) is 16.6 Å². The highest BCUT2D eigenvalue weighted by Gasteiger charge is 2.17. The summed E-state index contributed by atoms with van der Waals surface area (Å²) in [7, 11) is -2.17. The van der Waals surface area contributed by atoms with Gasteiger partial charge in [-0.2, -0.15) is 0 Å². The molecule has 0 aliphatic carbocycles. The number of rotatable bonds is 6. The first-order chi connectivity index (χ1) is 12.0. The molecule has 0 atom stereocenters. The molecule has 0 saturated heterocycles. The first kappa shape index (κ1) is 17.4. The molecule has 1 heterocycles. The number of halogens is 1. The van der Waals surface area contributed by atoms with E-state index >= 15 is 0 Å². The Morgan fingerprint density at radius 2 is 1.84 bits per heavy atom. The van der Waals surface area contributed by atoms with E-state index in [-0.39, 0.29) is 23.2 Å². The van der Waals surface area contributed by atoms with E-state index < -0.39 is 10.0 Å². The highest BCUT2D eigenvalue weighted by atomic mass is 35.5. The second-order valence-corrected chi connectivity index (χ2v) is 7.18. The number of nitrogens with one attached hydrogen (secondary N) is 1. The lowest BCUT2D eigenvalue weighted by molar-refractivity contribution is 0.413. The average molecular weight is 380 g/mol. The smallest absolute Gasteiger partial charge is 0.251 e. The van der Waals surface area contributed by atoms with Crippen molar-refractivity contribution in [2.75, 3.05) is 7.11 Å². The molecular formula is C16H14ClN3O4S. The monoisotopic (exact) mass is 379 g/mol. The van der Waals surface area contributed by atoms with Crippen LogP contribution < -0.4 is 9.46 Å². The van der Waals surface area contributed by atoms with Crippen LogP contribution in [0.2, 0.25) is 5.02 Å². The van der Waals surface area contributed by atoms with Gasteiger partial charge in [0.1, 0.15) is 5.75 Å². The lowest BCUT2D eigenvalue weighted by Gasteiger charge is -2.05. The van der Waals surface area contributed by atoms with Crippen molar-refractivity contribution in [3.05, 3.63) is 59.4 Å². The molecule has 0 spiro atoms. The first-order valence-electron chi connectivity index (χ1n) is 7.20. The summed E-state index contributed by atoms with van der Waals surface area (Å²) in [6.45, 7) is -0.132. The predicted molar refractivity (Wildman–Crippen MR) is 91.8 cm³/mol. The standard InChI is InChI=1S/C16H14ClN3O4S/c1-23-14-5-3-2-4-13(14)16-20-19-15(24-16)10-18-25(21,22)12-8-6-11(17)7-9-12/h2-9,18H,10H2,1H3. The Bertz CT molecular complexity index is 971. The van der Waals surface area contributed by atoms with Crippen LogP contribution >= 0.6 is 11.6 Å². The van der Waals surface area contributed by atoms with Gasteiger partial charge < -0.3 is 9.15 Å². The number of aromatic nitrogens is 2. The molecule has 0 amide bonds. The number of hydrogen-bond acceptors (Lipinski definition) is 6. The lowest BCUT2D eigenvalue weighted by atomic mass is 10.2. The zero-order valence-corrected chi connectivity index (χ0v) is 14.7. The molecular weight excluding hydrogens is 366 g/mol. The highest BCUT2D eigenvalue weighted by Crippen LogP contribution is 2.28. The van der Waals surface area contributed by atoms with Crippen molar-refractivity contribution < 1.29 is 17.6 Å². The van der Waals surface area contributed by atoms with Crippen molar-refractivity contribution in [2.45, 2.75) is 11.4 Å². The molecule has 25 heavy (non-hydrogen) atoms. The van der Waals surface area contributed by atoms with E-state index in [0.717, 1.165) is 0 Å². The molecule has 130 valence electrons. The van der Waals surface area contributed by atoms with E-state index in [2.05, 4.69) is 14.9 Å². The first-order valence-corrected chi connectivity index (χ1v) is 9.07. The van der Waals surface area contributed by atoms with Gasteiger partial charge in [-0.3, -0.25) is 0 Å². The van der Waals surface area contributed by atoms with Gasteiger partial charge in [0.15, 0.2) is 0 Å². The highest BCUT2D eigenvalue weighted by molar-refractivity contribution is 7.89. The summed E-state index contributed by atoms with van der Waals surface area (Å²) in [5.41, 5.74) is 0.629. The fourth-order valence-corrected chi connectivity index (χ4v) is 3.21. The summed E-state index contributed by atoms with van der Waals surface area (Å²) in [4.78, 5) is 0.0985. The van der Waals surface area contributed by atoms with Gasteiger partial charge in [0.05, 0.1) is 24.1 Å². The summed E-state index contributed by atoms with van der Waals surface area (Å²) >= 11 is 5.76. The molecule has 1 N–H and O–H groups in total. The third-order valence-electron chi connectivity index (χ3n) is 3.34. The summed E-state index contributed by atoms with van der Waals surface area (Å²) < 4.78 is 37.6. The second kappa shape index (κ2) is 7.22. The van der Waals surface area contributed by atoms with Crippen LogP contribution in [0.4, 0.5) is 0 Å². The number of benzene rings is 2. The van der Waals surface area contributed by atoms with Crippen LogP contribution in [0.3, 0.4) is 0 Å². The Balaban J connectivity index is 1.75. The molecule has 3 rings (SSSR count). The Kier molecular flexibility index (Phi) is 5.03. The van der Waals surface area contributed by atoms with E-state index in [1.807, 2.05) is 12.1 Å². The molecule has 0 bridgehead atoms. The quantitative estimate of drug-likeness (QED) is 0.707. The van der Waals surface area contributed by atoms with Gasteiger partial charge in [-0.25, -0.2) is 13.1 Å². The van der Waals surface area contributed by atoms with Crippen molar-refractivity contribution in [1.29, 1.82) is 0 Å². The van der Waals surface area contributed by atoms with Gasteiger partial charge >= 0.3 is 0 Å². The summed E-state index contributed by atoms with van der Waals surface area (Å²) in [5.74, 6) is 0.969. The van der Waals surface area contributed by atoms with Crippen LogP contribution in [0, 0.1) is 0 Å². The Morgan fingerprint density at radius 1 is 1.12 bits per heavy atom. The molecule has 0 fully saturated rings. The molecule has 0 saturated carbocycles. The van der Waals surface area contributed by atoms with Gasteiger partial charge in [0, 0.05) is 5.02 Å².